The van der Waals surface area contributed by atoms with Crippen molar-refractivity contribution in [3.63, 3.8) is 0 Å². The summed E-state index contributed by atoms with van der Waals surface area (Å²) >= 11 is 6.16. The van der Waals surface area contributed by atoms with Crippen molar-refractivity contribution in [1.29, 1.82) is 0 Å². The highest BCUT2D eigenvalue weighted by molar-refractivity contribution is 6.35. The van der Waals surface area contributed by atoms with Gasteiger partial charge in [0, 0.05) is 24.1 Å². The van der Waals surface area contributed by atoms with Crippen LogP contribution < -0.4 is 5.73 Å². The maximum absolute atomic E-state index is 10.0. The van der Waals surface area contributed by atoms with Crippen molar-refractivity contribution in [2.75, 3.05) is 6.54 Å². The summed E-state index contributed by atoms with van der Waals surface area (Å²) in [5.41, 5.74) is 7.34. The molecule has 1 heterocycles. The number of aliphatic hydroxyl groups is 1. The van der Waals surface area contributed by atoms with Gasteiger partial charge in [-0.25, -0.2) is 0 Å². The Hall–Kier alpha value is -1.03. The molecule has 0 aliphatic heterocycles. The smallest absolute Gasteiger partial charge is 0.0809 e. The van der Waals surface area contributed by atoms with E-state index >= 15 is 0 Å². The van der Waals surface area contributed by atoms with E-state index < -0.39 is 6.10 Å². The van der Waals surface area contributed by atoms with E-state index in [-0.39, 0.29) is 0 Å². The molecule has 0 radical (unpaired) electrons. The van der Waals surface area contributed by atoms with Crippen LogP contribution in [-0.4, -0.2) is 16.2 Å². The molecule has 86 valence electrons. The summed E-state index contributed by atoms with van der Waals surface area (Å²) in [4.78, 5) is 0. The van der Waals surface area contributed by atoms with E-state index in [1.165, 1.54) is 0 Å². The Morgan fingerprint density at radius 2 is 2.25 bits per heavy atom. The maximum Gasteiger partial charge on any atom is 0.0809 e. The summed E-state index contributed by atoms with van der Waals surface area (Å²) < 4.78 is 1.95. The van der Waals surface area contributed by atoms with Crippen LogP contribution in [0.3, 0.4) is 0 Å². The Balaban J connectivity index is 2.61. The zero-order valence-corrected chi connectivity index (χ0v) is 9.91. The van der Waals surface area contributed by atoms with Gasteiger partial charge in [-0.3, -0.25) is 0 Å². The minimum atomic E-state index is -0.548. The van der Waals surface area contributed by atoms with Crippen LogP contribution in [0, 0.1) is 0 Å². The molecule has 0 aliphatic carbocycles. The van der Waals surface area contributed by atoms with Crippen LogP contribution >= 0.6 is 11.6 Å². The molecule has 3 N–H and O–H groups in total. The largest absolute Gasteiger partial charge is 0.388 e. The first-order valence-corrected chi connectivity index (χ1v) is 5.64. The third-order valence-electron chi connectivity index (χ3n) is 2.80. The fourth-order valence-corrected chi connectivity index (χ4v) is 2.36. The van der Waals surface area contributed by atoms with Crippen LogP contribution in [0.2, 0.25) is 5.02 Å². The molecule has 0 amide bonds. The highest BCUT2D eigenvalue weighted by Crippen LogP contribution is 2.32. The number of nitrogens with two attached hydrogens (primary N) is 1. The van der Waals surface area contributed by atoms with Gasteiger partial charge in [0.15, 0.2) is 0 Å². The van der Waals surface area contributed by atoms with Gasteiger partial charge in [-0.05, 0) is 24.6 Å². The Morgan fingerprint density at radius 1 is 1.50 bits per heavy atom. The summed E-state index contributed by atoms with van der Waals surface area (Å²) in [6.45, 7) is 0.460. The van der Waals surface area contributed by atoms with Crippen molar-refractivity contribution in [1.82, 2.24) is 4.57 Å². The molecular formula is C12H15ClN2O. The maximum atomic E-state index is 10.0. The second-order valence-corrected chi connectivity index (χ2v) is 4.33. The van der Waals surface area contributed by atoms with Gasteiger partial charge in [0.2, 0.25) is 0 Å². The van der Waals surface area contributed by atoms with E-state index in [1.54, 1.807) is 0 Å². The molecule has 1 aromatic heterocycles. The van der Waals surface area contributed by atoms with Crippen LogP contribution in [0.5, 0.6) is 0 Å². The second kappa shape index (κ2) is 4.45. The summed E-state index contributed by atoms with van der Waals surface area (Å²) in [6.07, 6.45) is 1.85. The van der Waals surface area contributed by atoms with Gasteiger partial charge in [-0.1, -0.05) is 23.7 Å². The average Bonchev–Trinajstić information content (AvgIpc) is 2.55. The van der Waals surface area contributed by atoms with Crippen LogP contribution in [0.15, 0.2) is 24.4 Å². The Labute approximate surface area is 99.4 Å². The molecular weight excluding hydrogens is 224 g/mol. The molecule has 1 unspecified atom stereocenters. The lowest BCUT2D eigenvalue weighted by Crippen LogP contribution is -2.07. The molecule has 0 bridgehead atoms. The van der Waals surface area contributed by atoms with Crippen molar-refractivity contribution in [3.05, 3.63) is 35.0 Å². The number of benzene rings is 1. The third kappa shape index (κ3) is 1.82. The number of aromatic nitrogens is 1. The number of hydrogen-bond donors (Lipinski definition) is 2. The highest BCUT2D eigenvalue weighted by atomic mass is 35.5. The van der Waals surface area contributed by atoms with E-state index in [2.05, 4.69) is 0 Å². The van der Waals surface area contributed by atoms with Crippen LogP contribution in [0.4, 0.5) is 0 Å². The molecule has 2 rings (SSSR count). The molecule has 3 nitrogen and oxygen atoms in total. The summed E-state index contributed by atoms with van der Waals surface area (Å²) in [6, 6.07) is 5.81. The predicted octanol–water partition coefficient (Wildman–Crippen LogP) is 2.21. The van der Waals surface area contributed by atoms with E-state index in [0.29, 0.717) is 18.0 Å². The molecule has 16 heavy (non-hydrogen) atoms. The first kappa shape index (κ1) is 11.5. The lowest BCUT2D eigenvalue weighted by molar-refractivity contribution is 0.172. The van der Waals surface area contributed by atoms with Crippen LogP contribution in [-0.2, 0) is 7.05 Å². The van der Waals surface area contributed by atoms with E-state index in [0.717, 1.165) is 16.5 Å². The predicted molar refractivity (Wildman–Crippen MR) is 66.6 cm³/mol. The van der Waals surface area contributed by atoms with Gasteiger partial charge in [-0.2, -0.15) is 0 Å². The lowest BCUT2D eigenvalue weighted by Gasteiger charge is -2.11. The lowest BCUT2D eigenvalue weighted by atomic mass is 10.0. The van der Waals surface area contributed by atoms with Crippen LogP contribution in [0.25, 0.3) is 10.9 Å². The van der Waals surface area contributed by atoms with E-state index in [1.807, 2.05) is 36.0 Å². The molecule has 0 aliphatic rings. The normalized spacial score (nSPS) is 13.2. The topological polar surface area (TPSA) is 51.2 Å². The van der Waals surface area contributed by atoms with E-state index in [9.17, 15) is 5.11 Å². The van der Waals surface area contributed by atoms with Crippen LogP contribution in [0.1, 0.15) is 18.1 Å². The molecule has 0 saturated carbocycles. The first-order chi connectivity index (χ1) is 7.65. The number of nitrogens with zero attached hydrogens (tertiary/aromatic N) is 1. The SMILES string of the molecule is Cn1cc(Cl)c2c(C(O)CCN)cccc21. The van der Waals surface area contributed by atoms with Gasteiger partial charge in [0.05, 0.1) is 11.1 Å². The molecule has 2 aromatic rings. The Morgan fingerprint density at radius 3 is 2.94 bits per heavy atom. The number of hydrogen-bond acceptors (Lipinski definition) is 2. The second-order valence-electron chi connectivity index (χ2n) is 3.92. The minimum absolute atomic E-state index is 0.460. The van der Waals surface area contributed by atoms with Gasteiger partial charge >= 0.3 is 0 Å². The fourth-order valence-electron chi connectivity index (χ4n) is 2.01. The summed E-state index contributed by atoms with van der Waals surface area (Å²) in [5, 5.41) is 11.6. The monoisotopic (exact) mass is 238 g/mol. The molecule has 1 atom stereocenters. The number of aryl methyl sites for hydroxylation is 1. The zero-order valence-electron chi connectivity index (χ0n) is 9.15. The molecule has 0 saturated heterocycles. The molecule has 0 spiro atoms. The number of rotatable bonds is 3. The van der Waals surface area contributed by atoms with Gasteiger partial charge < -0.3 is 15.4 Å². The van der Waals surface area contributed by atoms with Gasteiger partial charge in [0.25, 0.3) is 0 Å². The third-order valence-corrected chi connectivity index (χ3v) is 3.09. The summed E-state index contributed by atoms with van der Waals surface area (Å²) in [7, 11) is 1.94. The van der Waals surface area contributed by atoms with Crippen molar-refractivity contribution < 1.29 is 5.11 Å². The zero-order chi connectivity index (χ0) is 11.7. The van der Waals surface area contributed by atoms with Gasteiger partial charge in [-0.15, -0.1) is 0 Å². The Kier molecular flexibility index (Phi) is 3.19. The Bertz CT molecular complexity index is 507. The van der Waals surface area contributed by atoms with E-state index in [4.69, 9.17) is 17.3 Å². The standard InChI is InChI=1S/C12H15ClN2O/c1-15-7-9(13)12-8(11(16)5-6-14)3-2-4-10(12)15/h2-4,7,11,16H,5-6,14H2,1H3. The highest BCUT2D eigenvalue weighted by Gasteiger charge is 2.14. The minimum Gasteiger partial charge on any atom is -0.388 e. The van der Waals surface area contributed by atoms with Crippen molar-refractivity contribution in [2.45, 2.75) is 12.5 Å². The van der Waals surface area contributed by atoms with Gasteiger partial charge in [0.1, 0.15) is 0 Å². The number of fused-ring (bicyclic) bond motifs is 1. The van der Waals surface area contributed by atoms with Crippen molar-refractivity contribution in [2.24, 2.45) is 12.8 Å². The molecule has 0 fully saturated rings. The number of aliphatic hydroxyl groups excluding tert-OH is 1. The van der Waals surface area contributed by atoms with Crippen molar-refractivity contribution in [3.8, 4) is 0 Å². The van der Waals surface area contributed by atoms with Crippen molar-refractivity contribution >= 4 is 22.5 Å². The molecule has 1 aromatic carbocycles. The first-order valence-electron chi connectivity index (χ1n) is 5.26. The quantitative estimate of drug-likeness (QED) is 0.862. The summed E-state index contributed by atoms with van der Waals surface area (Å²) in [5.74, 6) is 0. The fraction of sp³-hybridized carbons (Fsp3) is 0.333. The number of halogens is 1. The molecule has 4 heteroatoms. The average molecular weight is 239 g/mol.